The van der Waals surface area contributed by atoms with E-state index in [0.29, 0.717) is 16.3 Å². The zero-order chi connectivity index (χ0) is 15.7. The van der Waals surface area contributed by atoms with Crippen LogP contribution in [0.5, 0.6) is 0 Å². The Balaban J connectivity index is 2.42. The third-order valence-corrected chi connectivity index (χ3v) is 4.71. The normalized spacial score (nSPS) is 10.5. The number of carbonyl (C=O) groups excluding carboxylic acids is 1. The van der Waals surface area contributed by atoms with Crippen LogP contribution >= 0.6 is 43.4 Å². The van der Waals surface area contributed by atoms with Gasteiger partial charge in [-0.2, -0.15) is 4.37 Å². The summed E-state index contributed by atoms with van der Waals surface area (Å²) in [4.78, 5) is 25.1. The standard InChI is InChI=1S/C13H10Br2N2O3S/c1-6-10(13(19)20)12(21-16-6)17(2)11(18)7-3-8(14)5-9(15)4-7/h3-5H,1-2H3,(H,19,20). The molecular weight excluding hydrogens is 424 g/mol. The highest BCUT2D eigenvalue weighted by molar-refractivity contribution is 9.11. The van der Waals surface area contributed by atoms with Crippen molar-refractivity contribution in [1.82, 2.24) is 4.37 Å². The minimum Gasteiger partial charge on any atom is -0.478 e. The number of aromatic nitrogens is 1. The number of amides is 1. The molecule has 0 bridgehead atoms. The van der Waals surface area contributed by atoms with E-state index >= 15 is 0 Å². The lowest BCUT2D eigenvalue weighted by atomic mass is 10.2. The number of anilines is 1. The van der Waals surface area contributed by atoms with Crippen molar-refractivity contribution in [1.29, 1.82) is 0 Å². The number of nitrogens with zero attached hydrogens (tertiary/aromatic N) is 2. The molecule has 1 N–H and O–H groups in total. The highest BCUT2D eigenvalue weighted by atomic mass is 79.9. The van der Waals surface area contributed by atoms with Crippen LogP contribution in [0.25, 0.3) is 0 Å². The SMILES string of the molecule is Cc1nsc(N(C)C(=O)c2cc(Br)cc(Br)c2)c1C(=O)O. The summed E-state index contributed by atoms with van der Waals surface area (Å²) < 4.78 is 5.53. The van der Waals surface area contributed by atoms with Gasteiger partial charge in [-0.1, -0.05) is 31.9 Å². The molecule has 0 aliphatic rings. The summed E-state index contributed by atoms with van der Waals surface area (Å²) in [7, 11) is 1.54. The molecule has 1 heterocycles. The van der Waals surface area contributed by atoms with Gasteiger partial charge in [0.1, 0.15) is 10.6 Å². The Morgan fingerprint density at radius 3 is 2.33 bits per heavy atom. The number of hydrogen-bond donors (Lipinski definition) is 1. The monoisotopic (exact) mass is 432 g/mol. The molecule has 1 aromatic heterocycles. The molecule has 5 nitrogen and oxygen atoms in total. The summed E-state index contributed by atoms with van der Waals surface area (Å²) in [6.07, 6.45) is 0. The van der Waals surface area contributed by atoms with Crippen molar-refractivity contribution in [3.63, 3.8) is 0 Å². The molecule has 0 saturated heterocycles. The molecule has 0 saturated carbocycles. The Morgan fingerprint density at radius 2 is 1.81 bits per heavy atom. The maximum Gasteiger partial charge on any atom is 0.340 e. The highest BCUT2D eigenvalue weighted by Gasteiger charge is 2.24. The smallest absolute Gasteiger partial charge is 0.340 e. The highest BCUT2D eigenvalue weighted by Crippen LogP contribution is 2.29. The lowest BCUT2D eigenvalue weighted by Crippen LogP contribution is -2.27. The van der Waals surface area contributed by atoms with Crippen molar-refractivity contribution in [2.75, 3.05) is 11.9 Å². The Bertz CT molecular complexity index is 710. The van der Waals surface area contributed by atoms with Crippen LogP contribution in [-0.2, 0) is 0 Å². The summed E-state index contributed by atoms with van der Waals surface area (Å²) in [5, 5.41) is 9.56. The number of aryl methyl sites for hydroxylation is 1. The van der Waals surface area contributed by atoms with Crippen LogP contribution in [0.3, 0.4) is 0 Å². The van der Waals surface area contributed by atoms with Crippen LogP contribution in [0, 0.1) is 6.92 Å². The van der Waals surface area contributed by atoms with E-state index in [1.807, 2.05) is 6.07 Å². The van der Waals surface area contributed by atoms with E-state index in [4.69, 9.17) is 0 Å². The van der Waals surface area contributed by atoms with E-state index in [9.17, 15) is 14.7 Å². The summed E-state index contributed by atoms with van der Waals surface area (Å²) >= 11 is 7.64. The van der Waals surface area contributed by atoms with Crippen molar-refractivity contribution in [3.05, 3.63) is 44.0 Å². The third kappa shape index (κ3) is 3.33. The van der Waals surface area contributed by atoms with E-state index in [2.05, 4.69) is 36.2 Å². The third-order valence-electron chi connectivity index (χ3n) is 2.78. The van der Waals surface area contributed by atoms with Gasteiger partial charge in [-0.3, -0.25) is 4.79 Å². The molecule has 0 atom stereocenters. The fraction of sp³-hybridized carbons (Fsp3) is 0.154. The molecular formula is C13H10Br2N2O3S. The zero-order valence-electron chi connectivity index (χ0n) is 11.1. The molecule has 8 heteroatoms. The molecule has 1 aromatic carbocycles. The van der Waals surface area contributed by atoms with Crippen LogP contribution in [0.2, 0.25) is 0 Å². The molecule has 0 aliphatic carbocycles. The fourth-order valence-electron chi connectivity index (χ4n) is 1.80. The summed E-state index contributed by atoms with van der Waals surface area (Å²) in [5.74, 6) is -1.39. The van der Waals surface area contributed by atoms with Gasteiger partial charge >= 0.3 is 5.97 Å². The second-order valence-corrected chi connectivity index (χ2v) is 6.86. The van der Waals surface area contributed by atoms with Gasteiger partial charge < -0.3 is 10.0 Å². The minimum absolute atomic E-state index is 0.0601. The number of hydrogen-bond acceptors (Lipinski definition) is 4. The summed E-state index contributed by atoms with van der Waals surface area (Å²) in [6.45, 7) is 1.61. The van der Waals surface area contributed by atoms with Gasteiger partial charge in [0.15, 0.2) is 0 Å². The van der Waals surface area contributed by atoms with Gasteiger partial charge in [0.25, 0.3) is 5.91 Å². The van der Waals surface area contributed by atoms with Crippen molar-refractivity contribution >= 4 is 60.3 Å². The lowest BCUT2D eigenvalue weighted by molar-refractivity contribution is 0.0697. The van der Waals surface area contributed by atoms with E-state index < -0.39 is 5.97 Å². The number of carboxylic acid groups (broad SMARTS) is 1. The second-order valence-electron chi connectivity index (χ2n) is 4.28. The van der Waals surface area contributed by atoms with Crippen LogP contribution in [-0.4, -0.2) is 28.4 Å². The van der Waals surface area contributed by atoms with E-state index in [1.165, 1.54) is 11.9 Å². The largest absolute Gasteiger partial charge is 0.478 e. The minimum atomic E-state index is -1.09. The predicted molar refractivity (Wildman–Crippen MR) is 88.4 cm³/mol. The molecule has 0 spiro atoms. The van der Waals surface area contributed by atoms with Crippen LogP contribution in [0.4, 0.5) is 5.00 Å². The number of carbonyl (C=O) groups is 2. The second kappa shape index (κ2) is 6.25. The van der Waals surface area contributed by atoms with Crippen LogP contribution < -0.4 is 4.90 Å². The van der Waals surface area contributed by atoms with Crippen molar-refractivity contribution in [3.8, 4) is 0 Å². The Kier molecular flexibility index (Phi) is 4.80. The Morgan fingerprint density at radius 1 is 1.24 bits per heavy atom. The first kappa shape index (κ1) is 16.1. The molecule has 21 heavy (non-hydrogen) atoms. The Labute approximate surface area is 142 Å². The molecule has 1 amide bonds. The Hall–Kier alpha value is -1.25. The quantitative estimate of drug-likeness (QED) is 0.795. The van der Waals surface area contributed by atoms with E-state index in [-0.39, 0.29) is 11.5 Å². The zero-order valence-corrected chi connectivity index (χ0v) is 15.0. The van der Waals surface area contributed by atoms with Crippen molar-refractivity contribution < 1.29 is 14.7 Å². The topological polar surface area (TPSA) is 70.5 Å². The fourth-order valence-corrected chi connectivity index (χ4v) is 3.94. The maximum atomic E-state index is 12.5. The van der Waals surface area contributed by atoms with E-state index in [0.717, 1.165) is 20.5 Å². The molecule has 2 aromatic rings. The lowest BCUT2D eigenvalue weighted by Gasteiger charge is -2.16. The molecule has 0 aliphatic heterocycles. The first-order valence-corrected chi connectivity index (χ1v) is 8.11. The van der Waals surface area contributed by atoms with Gasteiger partial charge in [0.05, 0.1) is 5.69 Å². The maximum absolute atomic E-state index is 12.5. The van der Waals surface area contributed by atoms with Crippen molar-refractivity contribution in [2.45, 2.75) is 6.92 Å². The average molecular weight is 434 g/mol. The van der Waals surface area contributed by atoms with Crippen LogP contribution in [0.15, 0.2) is 27.1 Å². The number of carboxylic acids is 1. The average Bonchev–Trinajstić information content (AvgIpc) is 2.77. The summed E-state index contributed by atoms with van der Waals surface area (Å²) in [5.41, 5.74) is 0.906. The van der Waals surface area contributed by atoms with Gasteiger partial charge in [-0.15, -0.1) is 0 Å². The first-order chi connectivity index (χ1) is 9.81. The molecule has 2 rings (SSSR count). The molecule has 0 fully saturated rings. The molecule has 0 unspecified atom stereocenters. The van der Waals surface area contributed by atoms with Gasteiger partial charge in [-0.25, -0.2) is 4.79 Å². The number of aromatic carboxylic acids is 1. The number of rotatable bonds is 3. The predicted octanol–water partition coefficient (Wildman–Crippen LogP) is 3.95. The number of halogens is 2. The van der Waals surface area contributed by atoms with Gasteiger partial charge in [0.2, 0.25) is 0 Å². The number of benzene rings is 1. The summed E-state index contributed by atoms with van der Waals surface area (Å²) in [6, 6.07) is 5.17. The van der Waals surface area contributed by atoms with Gasteiger partial charge in [0, 0.05) is 21.6 Å². The van der Waals surface area contributed by atoms with Crippen LogP contribution in [0.1, 0.15) is 26.4 Å². The van der Waals surface area contributed by atoms with E-state index in [1.54, 1.807) is 19.1 Å². The first-order valence-electron chi connectivity index (χ1n) is 5.75. The van der Waals surface area contributed by atoms with Crippen molar-refractivity contribution in [2.24, 2.45) is 0 Å². The molecule has 110 valence electrons. The molecule has 0 radical (unpaired) electrons. The van der Waals surface area contributed by atoms with Gasteiger partial charge in [-0.05, 0) is 36.7 Å².